The molecule has 0 saturated heterocycles. The number of rotatable bonds is 11. The second-order valence-corrected chi connectivity index (χ2v) is 6.04. The van der Waals surface area contributed by atoms with Crippen LogP contribution >= 0.6 is 15.9 Å². The Morgan fingerprint density at radius 1 is 0.765 bits per heavy atom. The van der Waals surface area contributed by atoms with Crippen molar-refractivity contribution in [2.24, 2.45) is 0 Å². The molecule has 0 unspecified atom stereocenters. The first-order valence-corrected chi connectivity index (χ1v) is 8.20. The molecule has 0 aromatic rings. The number of halogens is 2. The maximum absolute atomic E-state index is 3.56. The third-order valence-corrected chi connectivity index (χ3v) is 4.00. The van der Waals surface area contributed by atoms with E-state index in [-0.39, 0.29) is 24.0 Å². The first-order chi connectivity index (χ1) is 7.68. The average molecular weight is 420 g/mol. The van der Waals surface area contributed by atoms with Gasteiger partial charge in [0.2, 0.25) is 0 Å². The van der Waals surface area contributed by atoms with E-state index >= 15 is 0 Å². The summed E-state index contributed by atoms with van der Waals surface area (Å²) < 4.78 is 1.30. The summed E-state index contributed by atoms with van der Waals surface area (Å²) in [7, 11) is 2.45. The molecular weight excluding hydrogens is 389 g/mol. The predicted octanol–water partition coefficient (Wildman–Crippen LogP) is 1.60. The van der Waals surface area contributed by atoms with Gasteiger partial charge in [-0.1, -0.05) is 42.6 Å². The molecule has 1 nitrogen and oxygen atoms in total. The van der Waals surface area contributed by atoms with E-state index in [4.69, 9.17) is 0 Å². The molecule has 0 aromatic heterocycles. The zero-order valence-corrected chi connectivity index (χ0v) is 15.7. The lowest BCUT2D eigenvalue weighted by Gasteiger charge is -2.35. The average Bonchev–Trinajstić information content (AvgIpc) is 2.27. The third-order valence-electron chi connectivity index (χ3n) is 3.43. The number of hydrogen-bond donors (Lipinski definition) is 0. The van der Waals surface area contributed by atoms with Gasteiger partial charge in [0.1, 0.15) is 0 Å². The number of quaternary nitrogens is 1. The van der Waals surface area contributed by atoms with E-state index in [2.05, 4.69) is 36.8 Å². The van der Waals surface area contributed by atoms with Crippen LogP contribution in [0.15, 0.2) is 0 Å². The molecule has 17 heavy (non-hydrogen) atoms. The van der Waals surface area contributed by atoms with E-state index in [1.54, 1.807) is 0 Å². The van der Waals surface area contributed by atoms with Gasteiger partial charge in [-0.3, -0.25) is 0 Å². The predicted molar refractivity (Wildman–Crippen MR) is 78.2 cm³/mol. The van der Waals surface area contributed by atoms with Crippen LogP contribution in [0.2, 0.25) is 0 Å². The van der Waals surface area contributed by atoms with Crippen LogP contribution in [0.1, 0.15) is 58.8 Å². The summed E-state index contributed by atoms with van der Waals surface area (Å²) >= 11 is 3.56. The monoisotopic (exact) mass is 419 g/mol. The zero-order chi connectivity index (χ0) is 12.3. The number of alkyl halides is 1. The molecule has 0 N–H and O–H groups in total. The Kier molecular flexibility index (Phi) is 16.4. The molecule has 3 heteroatoms. The topological polar surface area (TPSA) is 0 Å². The number of nitrogens with zero attached hydrogens (tertiary/aromatic N) is 1. The molecular formula is C14H31BrIN. The van der Waals surface area contributed by atoms with Crippen molar-refractivity contribution in [3.63, 3.8) is 0 Å². The molecule has 0 spiro atoms. The fraction of sp³-hybridized carbons (Fsp3) is 1.00. The van der Waals surface area contributed by atoms with E-state index in [0.717, 1.165) is 5.33 Å². The van der Waals surface area contributed by atoms with Crippen LogP contribution in [-0.4, -0.2) is 36.5 Å². The van der Waals surface area contributed by atoms with Gasteiger partial charge < -0.3 is 28.5 Å². The largest absolute Gasteiger partial charge is 1.00 e. The van der Waals surface area contributed by atoms with Gasteiger partial charge in [0.25, 0.3) is 0 Å². The van der Waals surface area contributed by atoms with Gasteiger partial charge in [-0.15, -0.1) is 0 Å². The Balaban J connectivity index is 0. The van der Waals surface area contributed by atoms with Crippen molar-refractivity contribution in [1.29, 1.82) is 0 Å². The van der Waals surface area contributed by atoms with E-state index in [1.165, 1.54) is 69.1 Å². The van der Waals surface area contributed by atoms with Crippen molar-refractivity contribution >= 4 is 15.9 Å². The summed E-state index contributed by atoms with van der Waals surface area (Å²) in [5.74, 6) is 0. The van der Waals surface area contributed by atoms with Crippen molar-refractivity contribution < 1.29 is 28.5 Å². The highest BCUT2D eigenvalue weighted by molar-refractivity contribution is 9.09. The second kappa shape index (κ2) is 13.6. The second-order valence-electron chi connectivity index (χ2n) is 5.25. The van der Waals surface area contributed by atoms with Crippen LogP contribution in [0.5, 0.6) is 0 Å². The van der Waals surface area contributed by atoms with Crippen LogP contribution in [-0.2, 0) is 0 Å². The summed E-state index contributed by atoms with van der Waals surface area (Å²) in [5.41, 5.74) is 0. The van der Waals surface area contributed by atoms with Gasteiger partial charge in [-0.2, -0.15) is 0 Å². The third kappa shape index (κ3) is 12.0. The Labute approximate surface area is 134 Å². The van der Waals surface area contributed by atoms with Gasteiger partial charge in [0.05, 0.1) is 26.7 Å². The molecule has 0 amide bonds. The summed E-state index contributed by atoms with van der Waals surface area (Å²) in [6.07, 6.45) is 9.60. The molecule has 0 fully saturated rings. The van der Waals surface area contributed by atoms with Gasteiger partial charge in [-0.25, -0.2) is 0 Å². The fourth-order valence-corrected chi connectivity index (χ4v) is 2.51. The minimum absolute atomic E-state index is 0. The highest BCUT2D eigenvalue weighted by Gasteiger charge is 2.19. The maximum atomic E-state index is 3.56. The van der Waals surface area contributed by atoms with Crippen LogP contribution in [0.25, 0.3) is 0 Å². The van der Waals surface area contributed by atoms with E-state index < -0.39 is 0 Å². The Morgan fingerprint density at radius 2 is 1.18 bits per heavy atom. The van der Waals surface area contributed by atoms with Crippen molar-refractivity contribution in [2.45, 2.75) is 58.8 Å². The summed E-state index contributed by atoms with van der Waals surface area (Å²) in [6, 6.07) is 0. The molecule has 106 valence electrons. The lowest BCUT2D eigenvalue weighted by Crippen LogP contribution is -3.00. The first-order valence-electron chi connectivity index (χ1n) is 7.08. The van der Waals surface area contributed by atoms with Crippen molar-refractivity contribution in [3.8, 4) is 0 Å². The quantitative estimate of drug-likeness (QED) is 0.206. The normalized spacial score (nSPS) is 11.3. The van der Waals surface area contributed by atoms with E-state index in [9.17, 15) is 0 Å². The molecule has 0 radical (unpaired) electrons. The van der Waals surface area contributed by atoms with E-state index in [1.807, 2.05) is 0 Å². The van der Waals surface area contributed by atoms with Gasteiger partial charge in [-0.05, 0) is 25.7 Å². The molecule has 0 aliphatic heterocycles. The Morgan fingerprint density at radius 3 is 1.53 bits per heavy atom. The molecule has 0 aliphatic rings. The summed E-state index contributed by atoms with van der Waals surface area (Å²) in [6.45, 7) is 8.69. The van der Waals surface area contributed by atoms with Crippen LogP contribution in [0, 0.1) is 0 Å². The molecule has 0 bridgehead atoms. The van der Waals surface area contributed by atoms with Crippen LogP contribution in [0.3, 0.4) is 0 Å². The van der Waals surface area contributed by atoms with E-state index in [0.29, 0.717) is 0 Å². The summed E-state index contributed by atoms with van der Waals surface area (Å²) in [4.78, 5) is 0. The Bertz CT molecular complexity index is 143. The minimum Gasteiger partial charge on any atom is -1.00 e. The lowest BCUT2D eigenvalue weighted by atomic mass is 10.1. The molecule has 0 saturated carbocycles. The van der Waals surface area contributed by atoms with Gasteiger partial charge >= 0.3 is 0 Å². The Hall–Kier alpha value is 1.17. The fourth-order valence-electron chi connectivity index (χ4n) is 2.26. The number of unbranched alkanes of at least 4 members (excludes halogenated alkanes) is 4. The highest BCUT2D eigenvalue weighted by atomic mass is 127. The molecule has 0 heterocycles. The molecule has 0 aromatic carbocycles. The highest BCUT2D eigenvalue weighted by Crippen LogP contribution is 2.12. The summed E-state index contributed by atoms with van der Waals surface area (Å²) in [5, 5.41) is 1.16. The number of hydrogen-bond acceptors (Lipinski definition) is 0. The zero-order valence-electron chi connectivity index (χ0n) is 12.0. The maximum Gasteiger partial charge on any atom is 0.0792 e. The molecule has 0 atom stereocenters. The molecule has 0 rings (SSSR count). The first kappa shape index (κ1) is 20.5. The molecule has 0 aliphatic carbocycles. The smallest absolute Gasteiger partial charge is 0.0792 e. The van der Waals surface area contributed by atoms with Crippen molar-refractivity contribution in [3.05, 3.63) is 0 Å². The van der Waals surface area contributed by atoms with Crippen LogP contribution < -0.4 is 24.0 Å². The van der Waals surface area contributed by atoms with Crippen molar-refractivity contribution in [1.82, 2.24) is 0 Å². The lowest BCUT2D eigenvalue weighted by molar-refractivity contribution is -0.910. The van der Waals surface area contributed by atoms with Crippen LogP contribution in [0.4, 0.5) is 0 Å². The minimum atomic E-state index is 0. The standard InChI is InChI=1S/C14H31BrN.HI/c1-4-6-8-12-16(3,14-10-11-15)13-9-7-5-2;/h4-14H2,1-3H3;1H/q+1;/p-1. The van der Waals surface area contributed by atoms with Crippen molar-refractivity contribution in [2.75, 3.05) is 32.0 Å². The SMILES string of the molecule is CCCCC[N+](C)(CCCBr)CCCCC.[I-]. The van der Waals surface area contributed by atoms with Gasteiger partial charge in [0.15, 0.2) is 0 Å². The van der Waals surface area contributed by atoms with Gasteiger partial charge in [0, 0.05) is 11.8 Å².